The van der Waals surface area contributed by atoms with E-state index in [0.29, 0.717) is 12.3 Å². The van der Waals surface area contributed by atoms with Crippen molar-refractivity contribution < 1.29 is 14.4 Å². The zero-order chi connectivity index (χ0) is 12.1. The third-order valence-electron chi connectivity index (χ3n) is 2.47. The number of hydroxylamine groups is 1. The Bertz CT molecular complexity index is 429. The number of H-pyrrole nitrogens is 1. The summed E-state index contributed by atoms with van der Waals surface area (Å²) < 4.78 is 5.29. The minimum atomic E-state index is -0.416. The van der Waals surface area contributed by atoms with Gasteiger partial charge in [-0.05, 0) is 25.0 Å². The third-order valence-corrected chi connectivity index (χ3v) is 2.47. The van der Waals surface area contributed by atoms with Crippen molar-refractivity contribution in [1.29, 1.82) is 5.26 Å². The minimum absolute atomic E-state index is 0.289. The van der Waals surface area contributed by atoms with Gasteiger partial charge in [0.15, 0.2) is 6.29 Å². The van der Waals surface area contributed by atoms with Crippen molar-refractivity contribution in [2.24, 2.45) is 0 Å². The quantitative estimate of drug-likeness (QED) is 0.767. The number of aromatic amines is 1. The summed E-state index contributed by atoms with van der Waals surface area (Å²) in [4.78, 5) is 19.4. The van der Waals surface area contributed by atoms with Crippen molar-refractivity contribution in [3.05, 3.63) is 23.5 Å². The van der Waals surface area contributed by atoms with Crippen LogP contribution < -0.4 is 5.48 Å². The van der Waals surface area contributed by atoms with E-state index in [1.165, 1.54) is 12.1 Å². The Hall–Kier alpha value is -1.84. The molecule has 0 saturated carbocycles. The van der Waals surface area contributed by atoms with Gasteiger partial charge in [-0.15, -0.1) is 0 Å². The van der Waals surface area contributed by atoms with Gasteiger partial charge in [0.05, 0.1) is 0 Å². The Labute approximate surface area is 98.5 Å². The summed E-state index contributed by atoms with van der Waals surface area (Å²) in [5.74, 6) is -0.416. The lowest BCUT2D eigenvalue weighted by atomic mass is 10.2. The molecule has 1 aromatic rings. The fourth-order valence-electron chi connectivity index (χ4n) is 1.57. The Balaban J connectivity index is 1.82. The van der Waals surface area contributed by atoms with Crippen LogP contribution in [0.3, 0.4) is 0 Å². The van der Waals surface area contributed by atoms with Crippen molar-refractivity contribution >= 4 is 5.91 Å². The molecular weight excluding hydrogens is 222 g/mol. The first kappa shape index (κ1) is 11.6. The molecule has 1 saturated heterocycles. The number of nitrogens with zero attached hydrogens (tertiary/aromatic N) is 1. The molecule has 0 aliphatic carbocycles. The molecule has 1 amide bonds. The molecule has 1 fully saturated rings. The summed E-state index contributed by atoms with van der Waals surface area (Å²) in [5, 5.41) is 8.60. The number of aromatic nitrogens is 1. The summed E-state index contributed by atoms with van der Waals surface area (Å²) in [7, 11) is 0. The van der Waals surface area contributed by atoms with E-state index in [9.17, 15) is 4.79 Å². The van der Waals surface area contributed by atoms with Crippen LogP contribution in [0.4, 0.5) is 0 Å². The number of hydrogen-bond acceptors (Lipinski definition) is 4. The van der Waals surface area contributed by atoms with E-state index in [0.717, 1.165) is 19.3 Å². The normalized spacial score (nSPS) is 19.6. The summed E-state index contributed by atoms with van der Waals surface area (Å²) >= 11 is 0. The first-order chi connectivity index (χ1) is 8.29. The van der Waals surface area contributed by atoms with Gasteiger partial charge in [-0.25, -0.2) is 10.3 Å². The van der Waals surface area contributed by atoms with E-state index in [-0.39, 0.29) is 12.0 Å². The number of nitrogens with one attached hydrogen (secondary N) is 2. The van der Waals surface area contributed by atoms with E-state index in [2.05, 4.69) is 10.5 Å². The van der Waals surface area contributed by atoms with E-state index in [4.69, 9.17) is 14.8 Å². The number of carbonyl (C=O) groups is 1. The van der Waals surface area contributed by atoms with Crippen LogP contribution in [0.2, 0.25) is 0 Å². The number of amides is 1. The SMILES string of the molecule is N#Cc1ccc(C(=O)NO[C@@H]2CCCCO2)[nH]1. The Kier molecular flexibility index (Phi) is 3.75. The van der Waals surface area contributed by atoms with Crippen molar-refractivity contribution in [1.82, 2.24) is 10.5 Å². The molecule has 1 aliphatic rings. The molecule has 6 heteroatoms. The van der Waals surface area contributed by atoms with Crippen LogP contribution in [0.15, 0.2) is 12.1 Å². The first-order valence-corrected chi connectivity index (χ1v) is 5.46. The predicted molar refractivity (Wildman–Crippen MR) is 57.6 cm³/mol. The van der Waals surface area contributed by atoms with Gasteiger partial charge in [0, 0.05) is 13.0 Å². The van der Waals surface area contributed by atoms with Crippen molar-refractivity contribution in [2.45, 2.75) is 25.6 Å². The Morgan fingerprint density at radius 2 is 2.47 bits per heavy atom. The van der Waals surface area contributed by atoms with Crippen LogP contribution in [0.5, 0.6) is 0 Å². The number of carbonyl (C=O) groups excluding carboxylic acids is 1. The average Bonchev–Trinajstić information content (AvgIpc) is 2.86. The lowest BCUT2D eigenvalue weighted by Gasteiger charge is -2.21. The van der Waals surface area contributed by atoms with Gasteiger partial charge in [0.2, 0.25) is 0 Å². The highest BCUT2D eigenvalue weighted by Gasteiger charge is 2.16. The molecule has 0 spiro atoms. The minimum Gasteiger partial charge on any atom is -0.350 e. The number of rotatable bonds is 3. The summed E-state index contributed by atoms with van der Waals surface area (Å²) in [6.07, 6.45) is 2.45. The molecule has 2 N–H and O–H groups in total. The fraction of sp³-hybridized carbons (Fsp3) is 0.455. The molecule has 17 heavy (non-hydrogen) atoms. The maximum atomic E-state index is 11.6. The zero-order valence-electron chi connectivity index (χ0n) is 9.23. The summed E-state index contributed by atoms with van der Waals surface area (Å²) in [5.41, 5.74) is 2.93. The van der Waals surface area contributed by atoms with Crippen LogP contribution in [0.25, 0.3) is 0 Å². The van der Waals surface area contributed by atoms with Crippen LogP contribution in [0, 0.1) is 11.3 Å². The smallest absolute Gasteiger partial charge is 0.291 e. The molecule has 0 bridgehead atoms. The van der Waals surface area contributed by atoms with Gasteiger partial charge in [-0.2, -0.15) is 5.26 Å². The van der Waals surface area contributed by atoms with Gasteiger partial charge in [-0.1, -0.05) is 0 Å². The molecule has 90 valence electrons. The molecule has 0 radical (unpaired) electrons. The van der Waals surface area contributed by atoms with E-state index in [1.807, 2.05) is 6.07 Å². The summed E-state index contributed by atoms with van der Waals surface area (Å²) in [6.45, 7) is 0.654. The second-order valence-electron chi connectivity index (χ2n) is 3.74. The zero-order valence-corrected chi connectivity index (χ0v) is 9.23. The Morgan fingerprint density at radius 3 is 3.12 bits per heavy atom. The van der Waals surface area contributed by atoms with Gasteiger partial charge >= 0.3 is 0 Å². The van der Waals surface area contributed by atoms with Crippen molar-refractivity contribution in [2.75, 3.05) is 6.61 Å². The highest BCUT2D eigenvalue weighted by Crippen LogP contribution is 2.12. The largest absolute Gasteiger partial charge is 0.350 e. The molecule has 1 aromatic heterocycles. The van der Waals surface area contributed by atoms with E-state index < -0.39 is 5.91 Å². The fourth-order valence-corrected chi connectivity index (χ4v) is 1.57. The number of nitriles is 1. The van der Waals surface area contributed by atoms with Gasteiger partial charge < -0.3 is 9.72 Å². The maximum Gasteiger partial charge on any atom is 0.291 e. The first-order valence-electron chi connectivity index (χ1n) is 5.46. The molecule has 0 aromatic carbocycles. The molecule has 1 aliphatic heterocycles. The van der Waals surface area contributed by atoms with Gasteiger partial charge in [-0.3, -0.25) is 4.79 Å². The standard InChI is InChI=1S/C11H13N3O3/c12-7-8-4-5-9(13-8)11(15)14-17-10-3-1-2-6-16-10/h4-5,10,13H,1-3,6H2,(H,14,15)/t10-/m1/s1. The van der Waals surface area contributed by atoms with Crippen LogP contribution in [-0.2, 0) is 9.57 Å². The highest BCUT2D eigenvalue weighted by atomic mass is 16.8. The number of ether oxygens (including phenoxy) is 1. The molecular formula is C11H13N3O3. The maximum absolute atomic E-state index is 11.6. The van der Waals surface area contributed by atoms with E-state index >= 15 is 0 Å². The van der Waals surface area contributed by atoms with E-state index in [1.54, 1.807) is 0 Å². The lowest BCUT2D eigenvalue weighted by Crippen LogP contribution is -2.33. The monoisotopic (exact) mass is 235 g/mol. The molecule has 6 nitrogen and oxygen atoms in total. The lowest BCUT2D eigenvalue weighted by molar-refractivity contribution is -0.186. The topological polar surface area (TPSA) is 87.1 Å². The van der Waals surface area contributed by atoms with Crippen LogP contribution in [0.1, 0.15) is 35.4 Å². The van der Waals surface area contributed by atoms with Crippen molar-refractivity contribution in [3.63, 3.8) is 0 Å². The molecule has 1 atom stereocenters. The summed E-state index contributed by atoms with van der Waals surface area (Å²) in [6, 6.07) is 4.97. The molecule has 0 unspecified atom stereocenters. The highest BCUT2D eigenvalue weighted by molar-refractivity contribution is 5.91. The second kappa shape index (κ2) is 5.48. The average molecular weight is 235 g/mol. The van der Waals surface area contributed by atoms with Crippen LogP contribution in [-0.4, -0.2) is 23.8 Å². The second-order valence-corrected chi connectivity index (χ2v) is 3.74. The number of hydrogen-bond donors (Lipinski definition) is 2. The van der Waals surface area contributed by atoms with Crippen molar-refractivity contribution in [3.8, 4) is 6.07 Å². The van der Waals surface area contributed by atoms with Gasteiger partial charge in [0.1, 0.15) is 17.5 Å². The Morgan fingerprint density at radius 1 is 1.59 bits per heavy atom. The van der Waals surface area contributed by atoms with Gasteiger partial charge in [0.25, 0.3) is 5.91 Å². The predicted octanol–water partition coefficient (Wildman–Crippen LogP) is 1.07. The van der Waals surface area contributed by atoms with Crippen LogP contribution >= 0.6 is 0 Å². The molecule has 2 heterocycles. The molecule has 2 rings (SSSR count). The third kappa shape index (κ3) is 3.06.